The Morgan fingerprint density at radius 3 is 2.47 bits per heavy atom. The minimum Gasteiger partial charge on any atom is -0.497 e. The van der Waals surface area contributed by atoms with E-state index < -0.39 is 0 Å². The van der Waals surface area contributed by atoms with Crippen molar-refractivity contribution in [2.45, 2.75) is 26.5 Å². The molecule has 4 aromatic rings. The molecule has 0 unspecified atom stereocenters. The Labute approximate surface area is 205 Å². The standard InChI is InChI=1S/C27H29N3O3.ClH/c1-3-28-12-10-23-17-21-16-22(6-9-26(21)29(23)15-14-28)30-13-11-25(18-27(30)31)33-19-20-4-7-24(32-2)8-5-20;/h4-9,11,13,16-18H,3,10,12,14-15,19H2,1-2H3;1H. The van der Waals surface area contributed by atoms with E-state index in [9.17, 15) is 4.79 Å². The molecule has 5 rings (SSSR count). The maximum atomic E-state index is 12.8. The van der Waals surface area contributed by atoms with Crippen molar-refractivity contribution in [1.29, 1.82) is 0 Å². The zero-order chi connectivity index (χ0) is 22.8. The van der Waals surface area contributed by atoms with Gasteiger partial charge in [-0.1, -0.05) is 19.1 Å². The molecule has 7 heteroatoms. The van der Waals surface area contributed by atoms with Gasteiger partial charge < -0.3 is 18.9 Å². The first-order chi connectivity index (χ1) is 16.1. The Morgan fingerprint density at radius 2 is 1.74 bits per heavy atom. The molecule has 0 saturated heterocycles. The average molecular weight is 480 g/mol. The van der Waals surface area contributed by atoms with Gasteiger partial charge in [-0.15, -0.1) is 12.4 Å². The van der Waals surface area contributed by atoms with Gasteiger partial charge in [0.05, 0.1) is 7.11 Å². The van der Waals surface area contributed by atoms with Crippen molar-refractivity contribution >= 4 is 23.3 Å². The fraction of sp³-hybridized carbons (Fsp3) is 0.296. The number of pyridine rings is 1. The van der Waals surface area contributed by atoms with E-state index in [1.807, 2.05) is 36.4 Å². The van der Waals surface area contributed by atoms with Crippen LogP contribution in [0.2, 0.25) is 0 Å². The van der Waals surface area contributed by atoms with Crippen LogP contribution in [0.15, 0.2) is 71.7 Å². The molecule has 1 aliphatic heterocycles. The van der Waals surface area contributed by atoms with Crippen LogP contribution in [0.1, 0.15) is 18.2 Å². The monoisotopic (exact) mass is 479 g/mol. The molecule has 2 aromatic carbocycles. The SMILES string of the molecule is CCN1CCc2cc3cc(-n4ccc(OCc5ccc(OC)cc5)cc4=O)ccc3n2CC1.Cl. The Hall–Kier alpha value is -3.22. The maximum Gasteiger partial charge on any atom is 0.258 e. The normalized spacial score (nSPS) is 13.7. The Morgan fingerprint density at radius 1 is 0.912 bits per heavy atom. The molecule has 1 aliphatic rings. The lowest BCUT2D eigenvalue weighted by molar-refractivity contribution is 0.296. The largest absolute Gasteiger partial charge is 0.497 e. The van der Waals surface area contributed by atoms with Gasteiger partial charge in [-0.05, 0) is 54.6 Å². The van der Waals surface area contributed by atoms with Crippen LogP contribution in [0.25, 0.3) is 16.6 Å². The number of hydrogen-bond donors (Lipinski definition) is 0. The lowest BCUT2D eigenvalue weighted by Crippen LogP contribution is -2.26. The summed E-state index contributed by atoms with van der Waals surface area (Å²) in [4.78, 5) is 15.3. The molecule has 0 spiro atoms. The minimum absolute atomic E-state index is 0. The fourth-order valence-corrected chi connectivity index (χ4v) is 4.53. The van der Waals surface area contributed by atoms with E-state index in [2.05, 4.69) is 34.6 Å². The number of hydrogen-bond acceptors (Lipinski definition) is 4. The van der Waals surface area contributed by atoms with Crippen LogP contribution in [0.5, 0.6) is 11.5 Å². The van der Waals surface area contributed by atoms with Crippen LogP contribution < -0.4 is 15.0 Å². The molecule has 6 nitrogen and oxygen atoms in total. The summed E-state index contributed by atoms with van der Waals surface area (Å²) in [6, 6.07) is 19.6. The van der Waals surface area contributed by atoms with E-state index in [0.717, 1.165) is 49.6 Å². The average Bonchev–Trinajstić information content (AvgIpc) is 3.06. The predicted molar refractivity (Wildman–Crippen MR) is 138 cm³/mol. The number of ether oxygens (including phenoxy) is 2. The van der Waals surface area contributed by atoms with Crippen molar-refractivity contribution in [3.63, 3.8) is 0 Å². The van der Waals surface area contributed by atoms with Crippen LogP contribution >= 0.6 is 12.4 Å². The van der Waals surface area contributed by atoms with E-state index in [1.54, 1.807) is 23.9 Å². The van der Waals surface area contributed by atoms with Crippen LogP contribution in [-0.4, -0.2) is 40.8 Å². The first-order valence-electron chi connectivity index (χ1n) is 11.5. The topological polar surface area (TPSA) is 48.6 Å². The second kappa shape index (κ2) is 10.4. The zero-order valence-corrected chi connectivity index (χ0v) is 20.4. The van der Waals surface area contributed by atoms with Crippen LogP contribution in [0, 0.1) is 0 Å². The van der Waals surface area contributed by atoms with Crippen molar-refractivity contribution in [2.75, 3.05) is 26.7 Å². The van der Waals surface area contributed by atoms with Crippen LogP contribution in [0.3, 0.4) is 0 Å². The number of fused-ring (bicyclic) bond motifs is 3. The lowest BCUT2D eigenvalue weighted by Gasteiger charge is -2.16. The van der Waals surface area contributed by atoms with Crippen molar-refractivity contribution in [3.05, 3.63) is 88.5 Å². The molecular formula is C27H30ClN3O3. The lowest BCUT2D eigenvalue weighted by atomic mass is 10.2. The number of methoxy groups -OCH3 is 1. The van der Waals surface area contributed by atoms with Gasteiger partial charge in [0.25, 0.3) is 5.56 Å². The smallest absolute Gasteiger partial charge is 0.258 e. The van der Waals surface area contributed by atoms with Crippen LogP contribution in [-0.2, 0) is 19.6 Å². The van der Waals surface area contributed by atoms with E-state index in [-0.39, 0.29) is 18.0 Å². The van der Waals surface area contributed by atoms with E-state index in [1.165, 1.54) is 16.6 Å². The highest BCUT2D eigenvalue weighted by molar-refractivity contribution is 5.85. The summed E-state index contributed by atoms with van der Waals surface area (Å²) in [6.45, 7) is 6.88. The highest BCUT2D eigenvalue weighted by atomic mass is 35.5. The van der Waals surface area contributed by atoms with Crippen LogP contribution in [0.4, 0.5) is 0 Å². The summed E-state index contributed by atoms with van der Waals surface area (Å²) in [6.07, 6.45) is 2.84. The summed E-state index contributed by atoms with van der Waals surface area (Å²) >= 11 is 0. The Kier molecular flexibility index (Phi) is 7.29. The number of nitrogens with zero attached hydrogens (tertiary/aromatic N) is 3. The molecule has 0 aliphatic carbocycles. The minimum atomic E-state index is -0.110. The predicted octanol–water partition coefficient (Wildman–Crippen LogP) is 4.68. The van der Waals surface area contributed by atoms with Gasteiger partial charge in [0.2, 0.25) is 0 Å². The number of benzene rings is 2. The highest BCUT2D eigenvalue weighted by Gasteiger charge is 2.16. The summed E-state index contributed by atoms with van der Waals surface area (Å²) < 4.78 is 15.1. The number of rotatable bonds is 6. The van der Waals surface area contributed by atoms with Gasteiger partial charge in [0, 0.05) is 60.6 Å². The molecule has 3 heterocycles. The van der Waals surface area contributed by atoms with Gasteiger partial charge in [0.15, 0.2) is 0 Å². The van der Waals surface area contributed by atoms with Gasteiger partial charge in [-0.25, -0.2) is 0 Å². The third-order valence-electron chi connectivity index (χ3n) is 6.48. The third-order valence-corrected chi connectivity index (χ3v) is 6.48. The second-order valence-corrected chi connectivity index (χ2v) is 8.42. The summed E-state index contributed by atoms with van der Waals surface area (Å²) in [5, 5.41) is 1.18. The van der Waals surface area contributed by atoms with Gasteiger partial charge >= 0.3 is 0 Å². The van der Waals surface area contributed by atoms with Crippen molar-refractivity contribution in [2.24, 2.45) is 0 Å². The first kappa shape index (κ1) is 23.9. The second-order valence-electron chi connectivity index (χ2n) is 8.42. The summed E-state index contributed by atoms with van der Waals surface area (Å²) in [5.74, 6) is 1.37. The van der Waals surface area contributed by atoms with E-state index >= 15 is 0 Å². The van der Waals surface area contributed by atoms with Gasteiger partial charge in [-0.2, -0.15) is 0 Å². The number of aromatic nitrogens is 2. The highest BCUT2D eigenvalue weighted by Crippen LogP contribution is 2.25. The number of halogens is 1. The molecule has 0 N–H and O–H groups in total. The molecule has 0 amide bonds. The zero-order valence-electron chi connectivity index (χ0n) is 19.6. The first-order valence-corrected chi connectivity index (χ1v) is 11.5. The molecule has 2 aromatic heterocycles. The summed E-state index contributed by atoms with van der Waals surface area (Å²) in [5.41, 5.74) is 4.37. The number of likely N-dealkylation sites (N-methyl/N-ethyl adjacent to an activating group) is 1. The Balaban J connectivity index is 0.00000274. The summed E-state index contributed by atoms with van der Waals surface area (Å²) in [7, 11) is 1.64. The quantitative estimate of drug-likeness (QED) is 0.403. The molecule has 178 valence electrons. The molecule has 0 fully saturated rings. The van der Waals surface area contributed by atoms with Crippen molar-refractivity contribution < 1.29 is 9.47 Å². The molecule has 0 atom stereocenters. The van der Waals surface area contributed by atoms with E-state index in [4.69, 9.17) is 9.47 Å². The molecule has 0 radical (unpaired) electrons. The van der Waals surface area contributed by atoms with Gasteiger partial charge in [0.1, 0.15) is 18.1 Å². The maximum absolute atomic E-state index is 12.8. The molecule has 0 saturated carbocycles. The fourth-order valence-electron chi connectivity index (χ4n) is 4.53. The third kappa shape index (κ3) is 4.83. The van der Waals surface area contributed by atoms with Crippen molar-refractivity contribution in [1.82, 2.24) is 14.0 Å². The molecule has 0 bridgehead atoms. The molecule has 34 heavy (non-hydrogen) atoms. The van der Waals surface area contributed by atoms with E-state index in [0.29, 0.717) is 12.4 Å². The van der Waals surface area contributed by atoms with Crippen molar-refractivity contribution in [3.8, 4) is 17.2 Å². The Bertz CT molecular complexity index is 1330. The van der Waals surface area contributed by atoms with Gasteiger partial charge in [-0.3, -0.25) is 9.36 Å². The molecular weight excluding hydrogens is 450 g/mol.